The molecule has 0 saturated carbocycles. The van der Waals surface area contributed by atoms with Gasteiger partial charge in [0.2, 0.25) is 0 Å². The van der Waals surface area contributed by atoms with Gasteiger partial charge in [0.25, 0.3) is 0 Å². The second-order valence-corrected chi connectivity index (χ2v) is 1.43. The highest BCUT2D eigenvalue weighted by Crippen LogP contribution is 2.00. The molecule has 0 radical (unpaired) electrons. The van der Waals surface area contributed by atoms with E-state index < -0.39 is 6.17 Å². The summed E-state index contributed by atoms with van der Waals surface area (Å²) in [5, 5.41) is 0. The van der Waals surface area contributed by atoms with E-state index in [0.29, 0.717) is 6.42 Å². The molecule has 1 atom stereocenters. The van der Waals surface area contributed by atoms with Crippen molar-refractivity contribution in [1.29, 1.82) is 0 Å². The Morgan fingerprint density at radius 3 is 2.86 bits per heavy atom. The van der Waals surface area contributed by atoms with E-state index >= 15 is 0 Å². The van der Waals surface area contributed by atoms with Crippen molar-refractivity contribution in [2.75, 3.05) is 0 Å². The molecular formula is C5H6FN. The lowest BCUT2D eigenvalue weighted by atomic mass is 10.3. The van der Waals surface area contributed by atoms with Gasteiger partial charge in [0.1, 0.15) is 6.17 Å². The molecule has 0 aromatic heterocycles. The maximum atomic E-state index is 12.0. The van der Waals surface area contributed by atoms with Crippen molar-refractivity contribution in [3.05, 3.63) is 12.3 Å². The Morgan fingerprint density at radius 1 is 1.71 bits per heavy atom. The fraction of sp³-hybridized carbons (Fsp3) is 0.400. The molecule has 0 saturated heterocycles. The Kier molecular flexibility index (Phi) is 1.20. The van der Waals surface area contributed by atoms with Gasteiger partial charge in [-0.25, -0.2) is 4.39 Å². The van der Waals surface area contributed by atoms with Crippen molar-refractivity contribution < 1.29 is 4.39 Å². The van der Waals surface area contributed by atoms with Crippen LogP contribution in [0.2, 0.25) is 0 Å². The summed E-state index contributed by atoms with van der Waals surface area (Å²) in [6, 6.07) is 0. The topological polar surface area (TPSA) is 12.4 Å². The number of hydrogen-bond acceptors (Lipinski definition) is 1. The molecular weight excluding hydrogens is 93.1 g/mol. The number of halogens is 1. The standard InChI is InChI=1S/C5H6FN/c6-5-2-1-3-7-4-5/h1,3-5H,2H2. The van der Waals surface area contributed by atoms with Crippen molar-refractivity contribution in [3.63, 3.8) is 0 Å². The van der Waals surface area contributed by atoms with Crippen molar-refractivity contribution in [2.45, 2.75) is 12.6 Å². The largest absolute Gasteiger partial charge is 0.266 e. The third kappa shape index (κ3) is 1.11. The van der Waals surface area contributed by atoms with E-state index in [0.717, 1.165) is 0 Å². The minimum absolute atomic E-state index is 0.490. The maximum Gasteiger partial charge on any atom is 0.139 e. The van der Waals surface area contributed by atoms with E-state index in [1.807, 2.05) is 0 Å². The zero-order valence-corrected chi connectivity index (χ0v) is 3.84. The van der Waals surface area contributed by atoms with Crippen LogP contribution in [0, 0.1) is 0 Å². The zero-order chi connectivity index (χ0) is 5.11. The summed E-state index contributed by atoms with van der Waals surface area (Å²) in [4.78, 5) is 3.58. The van der Waals surface area contributed by atoms with Crippen molar-refractivity contribution >= 4 is 6.21 Å². The fourth-order valence-corrected chi connectivity index (χ4v) is 0.456. The molecule has 0 bridgehead atoms. The summed E-state index contributed by atoms with van der Waals surface area (Å²) in [6.45, 7) is 0. The molecule has 1 nitrogen and oxygen atoms in total. The minimum Gasteiger partial charge on any atom is -0.266 e. The molecule has 0 amide bonds. The van der Waals surface area contributed by atoms with Gasteiger partial charge in [0.05, 0.1) is 0 Å². The first-order chi connectivity index (χ1) is 3.39. The highest BCUT2D eigenvalue weighted by molar-refractivity contribution is 5.64. The molecule has 1 aliphatic heterocycles. The Labute approximate surface area is 41.6 Å². The van der Waals surface area contributed by atoms with Crippen LogP contribution < -0.4 is 0 Å². The Bertz CT molecular complexity index is 107. The molecule has 1 unspecified atom stereocenters. The second-order valence-electron chi connectivity index (χ2n) is 1.43. The van der Waals surface area contributed by atoms with Crippen LogP contribution in [0.5, 0.6) is 0 Å². The third-order valence-corrected chi connectivity index (χ3v) is 0.801. The fourth-order valence-electron chi connectivity index (χ4n) is 0.456. The number of aliphatic imine (C=N–C) groups is 1. The van der Waals surface area contributed by atoms with Crippen molar-refractivity contribution in [3.8, 4) is 0 Å². The highest BCUT2D eigenvalue weighted by atomic mass is 19.1. The summed E-state index contributed by atoms with van der Waals surface area (Å²) in [7, 11) is 0. The summed E-state index contributed by atoms with van der Waals surface area (Å²) < 4.78 is 12.0. The van der Waals surface area contributed by atoms with Gasteiger partial charge in [0, 0.05) is 18.8 Å². The van der Waals surface area contributed by atoms with Gasteiger partial charge in [-0.3, -0.25) is 4.99 Å². The Hall–Kier alpha value is -0.660. The molecule has 1 aliphatic rings. The van der Waals surface area contributed by atoms with Crippen LogP contribution in [0.15, 0.2) is 17.3 Å². The zero-order valence-electron chi connectivity index (χ0n) is 3.84. The molecule has 0 N–H and O–H groups in total. The molecule has 0 spiro atoms. The van der Waals surface area contributed by atoms with Crippen LogP contribution in [0.25, 0.3) is 0 Å². The molecule has 0 aromatic carbocycles. The first-order valence-corrected chi connectivity index (χ1v) is 2.22. The smallest absolute Gasteiger partial charge is 0.139 e. The van der Waals surface area contributed by atoms with E-state index in [1.54, 1.807) is 12.3 Å². The Balaban J connectivity index is 2.49. The number of alkyl halides is 1. The lowest BCUT2D eigenvalue weighted by molar-refractivity contribution is 0.432. The van der Waals surface area contributed by atoms with E-state index in [9.17, 15) is 4.39 Å². The Morgan fingerprint density at radius 2 is 2.57 bits per heavy atom. The van der Waals surface area contributed by atoms with Crippen LogP contribution in [-0.4, -0.2) is 12.4 Å². The number of nitrogens with zero attached hydrogens (tertiary/aromatic N) is 1. The van der Waals surface area contributed by atoms with Crippen LogP contribution >= 0.6 is 0 Å². The van der Waals surface area contributed by atoms with Gasteiger partial charge in [0.15, 0.2) is 0 Å². The monoisotopic (exact) mass is 99.0 g/mol. The third-order valence-electron chi connectivity index (χ3n) is 0.801. The summed E-state index contributed by atoms with van der Waals surface area (Å²) >= 11 is 0. The van der Waals surface area contributed by atoms with E-state index in [-0.39, 0.29) is 0 Å². The maximum absolute atomic E-state index is 12.0. The predicted molar refractivity (Wildman–Crippen MR) is 27.1 cm³/mol. The molecule has 1 rings (SSSR count). The number of allylic oxidation sites excluding steroid dienone is 1. The molecule has 0 aromatic rings. The van der Waals surface area contributed by atoms with Crippen molar-refractivity contribution in [1.82, 2.24) is 0 Å². The molecule has 2 heteroatoms. The van der Waals surface area contributed by atoms with Gasteiger partial charge in [-0.2, -0.15) is 0 Å². The highest BCUT2D eigenvalue weighted by Gasteiger charge is 1.99. The lowest BCUT2D eigenvalue weighted by Gasteiger charge is -1.97. The van der Waals surface area contributed by atoms with E-state index in [1.165, 1.54) is 6.21 Å². The number of hydrogen-bond donors (Lipinski definition) is 0. The lowest BCUT2D eigenvalue weighted by Crippen LogP contribution is -2.00. The van der Waals surface area contributed by atoms with Gasteiger partial charge in [-0.05, 0) is 0 Å². The van der Waals surface area contributed by atoms with Crippen LogP contribution in [0.4, 0.5) is 4.39 Å². The second kappa shape index (κ2) is 1.87. The quantitative estimate of drug-likeness (QED) is 0.434. The average molecular weight is 99.1 g/mol. The van der Waals surface area contributed by atoms with Gasteiger partial charge >= 0.3 is 0 Å². The van der Waals surface area contributed by atoms with E-state index in [2.05, 4.69) is 4.99 Å². The van der Waals surface area contributed by atoms with Crippen LogP contribution in [0.1, 0.15) is 6.42 Å². The first kappa shape index (κ1) is 4.50. The molecule has 0 aliphatic carbocycles. The van der Waals surface area contributed by atoms with Gasteiger partial charge in [-0.15, -0.1) is 0 Å². The summed E-state index contributed by atoms with van der Waals surface area (Å²) in [6.07, 6.45) is 4.27. The van der Waals surface area contributed by atoms with Crippen molar-refractivity contribution in [2.24, 2.45) is 4.99 Å². The molecule has 1 heterocycles. The predicted octanol–water partition coefficient (Wildman–Crippen LogP) is 1.31. The SMILES string of the molecule is FC1C=NC=CC1. The normalized spacial score (nSPS) is 28.4. The van der Waals surface area contributed by atoms with Crippen LogP contribution in [0.3, 0.4) is 0 Å². The van der Waals surface area contributed by atoms with Gasteiger partial charge in [-0.1, -0.05) is 6.08 Å². The average Bonchev–Trinajstić information content (AvgIpc) is 1.69. The molecule has 7 heavy (non-hydrogen) atoms. The number of rotatable bonds is 0. The van der Waals surface area contributed by atoms with E-state index in [4.69, 9.17) is 0 Å². The van der Waals surface area contributed by atoms with Crippen LogP contribution in [-0.2, 0) is 0 Å². The van der Waals surface area contributed by atoms with Gasteiger partial charge < -0.3 is 0 Å². The molecule has 0 fully saturated rings. The summed E-state index contributed by atoms with van der Waals surface area (Å²) in [5.74, 6) is 0. The molecule has 38 valence electrons. The summed E-state index contributed by atoms with van der Waals surface area (Å²) in [5.41, 5.74) is 0. The minimum atomic E-state index is -0.843. The first-order valence-electron chi connectivity index (χ1n) is 2.22.